The maximum Gasteiger partial charge on any atom is 0.225 e. The van der Waals surface area contributed by atoms with Gasteiger partial charge in [0.15, 0.2) is 5.78 Å². The highest BCUT2D eigenvalue weighted by atomic mass is 16.2. The van der Waals surface area contributed by atoms with E-state index in [9.17, 15) is 9.59 Å². The van der Waals surface area contributed by atoms with Gasteiger partial charge in [0.1, 0.15) is 0 Å². The Balaban J connectivity index is 2.81. The summed E-state index contributed by atoms with van der Waals surface area (Å²) in [7, 11) is 0. The average Bonchev–Trinajstić information content (AvgIpc) is 2.45. The molecule has 0 saturated carbocycles. The second kappa shape index (κ2) is 4.11. The Hall–Kier alpha value is -0.860. The van der Waals surface area contributed by atoms with Crippen LogP contribution in [-0.2, 0) is 9.59 Å². The van der Waals surface area contributed by atoms with Gasteiger partial charge >= 0.3 is 0 Å². The van der Waals surface area contributed by atoms with Crippen molar-refractivity contribution in [3.8, 4) is 0 Å². The summed E-state index contributed by atoms with van der Waals surface area (Å²) in [6.45, 7) is 7.35. The molecule has 1 heterocycles. The van der Waals surface area contributed by atoms with E-state index in [1.54, 1.807) is 11.8 Å². The summed E-state index contributed by atoms with van der Waals surface area (Å²) in [6.07, 6.45) is 1.78. The standard InChI is InChI=1S/C11H19NO2/c1-7(2)11(14)12-8(3)5-6-10(12)9(4)13/h7-8,10H,5-6H2,1-4H3. The van der Waals surface area contributed by atoms with Crippen molar-refractivity contribution in [3.63, 3.8) is 0 Å². The third kappa shape index (κ3) is 1.97. The fraction of sp³-hybridized carbons (Fsp3) is 0.818. The highest BCUT2D eigenvalue weighted by Gasteiger charge is 2.37. The van der Waals surface area contributed by atoms with Crippen molar-refractivity contribution in [3.05, 3.63) is 0 Å². The molecule has 1 aliphatic heterocycles. The zero-order chi connectivity index (χ0) is 10.9. The van der Waals surface area contributed by atoms with Crippen LogP contribution in [0.4, 0.5) is 0 Å². The van der Waals surface area contributed by atoms with Gasteiger partial charge in [-0.1, -0.05) is 13.8 Å². The van der Waals surface area contributed by atoms with Gasteiger partial charge < -0.3 is 4.90 Å². The van der Waals surface area contributed by atoms with E-state index in [1.807, 2.05) is 20.8 Å². The summed E-state index contributed by atoms with van der Waals surface area (Å²) in [5.74, 6) is 0.205. The molecule has 1 fully saturated rings. The molecule has 0 N–H and O–H groups in total. The lowest BCUT2D eigenvalue weighted by atomic mass is 10.1. The van der Waals surface area contributed by atoms with Gasteiger partial charge in [0.05, 0.1) is 6.04 Å². The molecule has 1 rings (SSSR count). The van der Waals surface area contributed by atoms with E-state index in [-0.39, 0.29) is 29.7 Å². The first-order valence-corrected chi connectivity index (χ1v) is 5.27. The van der Waals surface area contributed by atoms with Crippen LogP contribution in [0.25, 0.3) is 0 Å². The summed E-state index contributed by atoms with van der Waals surface area (Å²) in [6, 6.07) is 0.0544. The number of carbonyl (C=O) groups excluding carboxylic acids is 2. The number of carbonyl (C=O) groups is 2. The first-order valence-electron chi connectivity index (χ1n) is 5.27. The van der Waals surface area contributed by atoms with Crippen LogP contribution in [-0.4, -0.2) is 28.7 Å². The van der Waals surface area contributed by atoms with Crippen molar-refractivity contribution in [2.75, 3.05) is 0 Å². The molecule has 14 heavy (non-hydrogen) atoms. The minimum absolute atomic E-state index is 0.0163. The Bertz CT molecular complexity index is 248. The largest absolute Gasteiger partial charge is 0.330 e. The molecule has 0 bridgehead atoms. The molecule has 0 spiro atoms. The zero-order valence-corrected chi connectivity index (χ0v) is 9.41. The molecule has 80 valence electrons. The lowest BCUT2D eigenvalue weighted by Gasteiger charge is -2.28. The highest BCUT2D eigenvalue weighted by molar-refractivity contribution is 5.89. The quantitative estimate of drug-likeness (QED) is 0.674. The second-order valence-corrected chi connectivity index (χ2v) is 4.45. The molecule has 3 heteroatoms. The van der Waals surface area contributed by atoms with Gasteiger partial charge in [0.2, 0.25) is 5.91 Å². The van der Waals surface area contributed by atoms with Gasteiger partial charge in [-0.15, -0.1) is 0 Å². The minimum Gasteiger partial charge on any atom is -0.330 e. The van der Waals surface area contributed by atoms with Crippen LogP contribution < -0.4 is 0 Å². The van der Waals surface area contributed by atoms with Crippen molar-refractivity contribution in [2.45, 2.75) is 52.6 Å². The molecule has 0 aromatic carbocycles. The van der Waals surface area contributed by atoms with E-state index in [1.165, 1.54) is 0 Å². The number of hydrogen-bond donors (Lipinski definition) is 0. The first kappa shape index (κ1) is 11.2. The third-order valence-electron chi connectivity index (χ3n) is 2.89. The van der Waals surface area contributed by atoms with Crippen molar-refractivity contribution in [1.82, 2.24) is 4.90 Å². The molecule has 2 unspecified atom stereocenters. The Morgan fingerprint density at radius 1 is 1.29 bits per heavy atom. The van der Waals surface area contributed by atoms with E-state index in [2.05, 4.69) is 0 Å². The maximum atomic E-state index is 11.8. The van der Waals surface area contributed by atoms with Crippen molar-refractivity contribution in [2.24, 2.45) is 5.92 Å². The molecule has 1 saturated heterocycles. The van der Waals surface area contributed by atoms with E-state index in [4.69, 9.17) is 0 Å². The number of ketones is 1. The second-order valence-electron chi connectivity index (χ2n) is 4.45. The molecular weight excluding hydrogens is 178 g/mol. The number of nitrogens with zero attached hydrogens (tertiary/aromatic N) is 1. The summed E-state index contributed by atoms with van der Waals surface area (Å²) in [5, 5.41) is 0. The predicted octanol–water partition coefficient (Wildman–Crippen LogP) is 1.61. The topological polar surface area (TPSA) is 37.4 Å². The van der Waals surface area contributed by atoms with Gasteiger partial charge in [0, 0.05) is 12.0 Å². The maximum absolute atomic E-state index is 11.8. The van der Waals surface area contributed by atoms with Crippen molar-refractivity contribution >= 4 is 11.7 Å². The fourth-order valence-corrected chi connectivity index (χ4v) is 2.05. The molecular formula is C11H19NO2. The van der Waals surface area contributed by atoms with Crippen molar-refractivity contribution < 1.29 is 9.59 Å². The Morgan fingerprint density at radius 2 is 1.86 bits per heavy atom. The van der Waals surface area contributed by atoms with Gasteiger partial charge in [-0.05, 0) is 26.7 Å². The van der Waals surface area contributed by atoms with E-state index in [0.29, 0.717) is 0 Å². The molecule has 3 nitrogen and oxygen atoms in total. The number of likely N-dealkylation sites (tertiary alicyclic amines) is 1. The van der Waals surface area contributed by atoms with Crippen LogP contribution in [0.1, 0.15) is 40.5 Å². The number of amides is 1. The lowest BCUT2D eigenvalue weighted by Crippen LogP contribution is -2.45. The Kier molecular flexibility index (Phi) is 3.29. The molecule has 0 radical (unpaired) electrons. The molecule has 0 aromatic heterocycles. The molecule has 0 aromatic rings. The number of rotatable bonds is 2. The smallest absolute Gasteiger partial charge is 0.225 e. The van der Waals surface area contributed by atoms with E-state index < -0.39 is 0 Å². The summed E-state index contributed by atoms with van der Waals surface area (Å²) in [5.41, 5.74) is 0. The van der Waals surface area contributed by atoms with Crippen LogP contribution >= 0.6 is 0 Å². The molecule has 1 amide bonds. The molecule has 1 aliphatic rings. The van der Waals surface area contributed by atoms with Crippen LogP contribution in [0.3, 0.4) is 0 Å². The minimum atomic E-state index is -0.167. The Morgan fingerprint density at radius 3 is 2.29 bits per heavy atom. The first-order chi connectivity index (χ1) is 6.45. The summed E-state index contributed by atoms with van der Waals surface area (Å²) >= 11 is 0. The van der Waals surface area contributed by atoms with Gasteiger partial charge in [-0.25, -0.2) is 0 Å². The van der Waals surface area contributed by atoms with Crippen LogP contribution in [0.15, 0.2) is 0 Å². The lowest BCUT2D eigenvalue weighted by molar-refractivity contribution is -0.141. The van der Waals surface area contributed by atoms with Crippen LogP contribution in [0.2, 0.25) is 0 Å². The van der Waals surface area contributed by atoms with Gasteiger partial charge in [0.25, 0.3) is 0 Å². The normalized spacial score (nSPS) is 27.1. The molecule has 0 aliphatic carbocycles. The Labute approximate surface area is 85.5 Å². The predicted molar refractivity (Wildman–Crippen MR) is 54.8 cm³/mol. The van der Waals surface area contributed by atoms with E-state index in [0.717, 1.165) is 12.8 Å². The van der Waals surface area contributed by atoms with Gasteiger partial charge in [-0.3, -0.25) is 9.59 Å². The van der Waals surface area contributed by atoms with Gasteiger partial charge in [-0.2, -0.15) is 0 Å². The van der Waals surface area contributed by atoms with Crippen molar-refractivity contribution in [1.29, 1.82) is 0 Å². The fourth-order valence-electron chi connectivity index (χ4n) is 2.05. The average molecular weight is 197 g/mol. The SMILES string of the molecule is CC(=O)C1CCC(C)N1C(=O)C(C)C. The monoisotopic (exact) mass is 197 g/mol. The van der Waals surface area contributed by atoms with Crippen LogP contribution in [0.5, 0.6) is 0 Å². The van der Waals surface area contributed by atoms with E-state index >= 15 is 0 Å². The number of hydrogen-bond acceptors (Lipinski definition) is 2. The zero-order valence-electron chi connectivity index (χ0n) is 9.41. The summed E-state index contributed by atoms with van der Waals surface area (Å²) < 4.78 is 0. The molecule has 2 atom stereocenters. The number of Topliss-reactive ketones (excluding diaryl/α,β-unsaturated/α-hetero) is 1. The van der Waals surface area contributed by atoms with Crippen LogP contribution in [0, 0.1) is 5.92 Å². The summed E-state index contributed by atoms with van der Waals surface area (Å²) in [4.78, 5) is 25.0. The highest BCUT2D eigenvalue weighted by Crippen LogP contribution is 2.26. The third-order valence-corrected chi connectivity index (χ3v) is 2.89.